The van der Waals surface area contributed by atoms with Crippen molar-refractivity contribution in [2.24, 2.45) is 5.92 Å². The van der Waals surface area contributed by atoms with Gasteiger partial charge in [-0.3, -0.25) is 0 Å². The zero-order valence-corrected chi connectivity index (χ0v) is 9.72. The van der Waals surface area contributed by atoms with Crippen molar-refractivity contribution in [1.29, 1.82) is 0 Å². The minimum absolute atomic E-state index is 0.636. The number of nitrogens with two attached hydrogens (primary N) is 1. The van der Waals surface area contributed by atoms with E-state index in [0.717, 1.165) is 12.5 Å². The maximum absolute atomic E-state index is 5.86. The zero-order valence-electron chi connectivity index (χ0n) is 8.96. The van der Waals surface area contributed by atoms with Gasteiger partial charge in [-0.2, -0.15) is 0 Å². The van der Waals surface area contributed by atoms with Gasteiger partial charge in [0.2, 0.25) is 0 Å². The van der Waals surface area contributed by atoms with E-state index in [9.17, 15) is 0 Å². The summed E-state index contributed by atoms with van der Waals surface area (Å²) in [6, 6.07) is 6.54. The Morgan fingerprint density at radius 1 is 1.53 bits per heavy atom. The van der Waals surface area contributed by atoms with Crippen molar-refractivity contribution in [2.45, 2.75) is 32.4 Å². The highest BCUT2D eigenvalue weighted by Crippen LogP contribution is 2.33. The summed E-state index contributed by atoms with van der Waals surface area (Å²) >= 11 is 5.86. The Morgan fingerprint density at radius 3 is 2.93 bits per heavy atom. The summed E-state index contributed by atoms with van der Waals surface area (Å²) in [6.45, 7) is 3.13. The predicted molar refractivity (Wildman–Crippen MR) is 64.9 cm³/mol. The molecule has 1 fully saturated rings. The molecule has 0 bridgehead atoms. The lowest BCUT2D eigenvalue weighted by atomic mass is 10.2. The van der Waals surface area contributed by atoms with Gasteiger partial charge in [-0.05, 0) is 30.0 Å². The molecule has 0 saturated heterocycles. The molecule has 1 aliphatic rings. The molecular formula is C12H17ClN2. The standard InChI is InChI=1S/C12H17ClN2/c1-2-9-6-12(9)15-7-8-3-4-10(13)11(14)5-8/h3-5,9,12,15H,2,6-7,14H2,1H3. The van der Waals surface area contributed by atoms with E-state index in [1.54, 1.807) is 0 Å². The molecule has 0 spiro atoms. The molecule has 0 aliphatic heterocycles. The van der Waals surface area contributed by atoms with E-state index < -0.39 is 0 Å². The molecule has 3 heteroatoms. The fraction of sp³-hybridized carbons (Fsp3) is 0.500. The molecule has 82 valence electrons. The van der Waals surface area contributed by atoms with E-state index in [-0.39, 0.29) is 0 Å². The fourth-order valence-corrected chi connectivity index (χ4v) is 2.02. The third-order valence-corrected chi connectivity index (χ3v) is 3.42. The molecule has 0 heterocycles. The molecule has 0 aromatic heterocycles. The van der Waals surface area contributed by atoms with E-state index in [2.05, 4.69) is 12.2 Å². The largest absolute Gasteiger partial charge is 0.398 e. The highest BCUT2D eigenvalue weighted by atomic mass is 35.5. The van der Waals surface area contributed by atoms with Crippen LogP contribution in [0.15, 0.2) is 18.2 Å². The topological polar surface area (TPSA) is 38.0 Å². The maximum Gasteiger partial charge on any atom is 0.0635 e. The van der Waals surface area contributed by atoms with Gasteiger partial charge in [0.1, 0.15) is 0 Å². The van der Waals surface area contributed by atoms with Gasteiger partial charge in [-0.1, -0.05) is 31.0 Å². The number of halogens is 1. The van der Waals surface area contributed by atoms with Crippen LogP contribution in [0.5, 0.6) is 0 Å². The third kappa shape index (κ3) is 2.64. The van der Waals surface area contributed by atoms with Crippen LogP contribution in [0.25, 0.3) is 0 Å². The van der Waals surface area contributed by atoms with Crippen LogP contribution in [0.2, 0.25) is 5.02 Å². The second kappa shape index (κ2) is 4.42. The van der Waals surface area contributed by atoms with Gasteiger partial charge < -0.3 is 11.1 Å². The van der Waals surface area contributed by atoms with Gasteiger partial charge in [0.25, 0.3) is 0 Å². The average molecular weight is 225 g/mol. The number of benzene rings is 1. The third-order valence-electron chi connectivity index (χ3n) is 3.08. The second-order valence-electron chi connectivity index (χ2n) is 4.25. The summed E-state index contributed by atoms with van der Waals surface area (Å²) in [5.41, 5.74) is 7.61. The molecule has 1 aliphatic carbocycles. The van der Waals surface area contributed by atoms with Crippen LogP contribution >= 0.6 is 11.6 Å². The lowest BCUT2D eigenvalue weighted by Gasteiger charge is -2.05. The summed E-state index contributed by atoms with van der Waals surface area (Å²) in [6.07, 6.45) is 2.60. The van der Waals surface area contributed by atoms with E-state index in [1.165, 1.54) is 18.4 Å². The van der Waals surface area contributed by atoms with Crippen molar-refractivity contribution in [3.05, 3.63) is 28.8 Å². The van der Waals surface area contributed by atoms with E-state index in [0.29, 0.717) is 16.8 Å². The van der Waals surface area contributed by atoms with Crippen LogP contribution in [0.4, 0.5) is 5.69 Å². The summed E-state index contributed by atoms with van der Waals surface area (Å²) in [5, 5.41) is 4.16. The lowest BCUT2D eigenvalue weighted by Crippen LogP contribution is -2.17. The zero-order chi connectivity index (χ0) is 10.8. The lowest BCUT2D eigenvalue weighted by molar-refractivity contribution is 0.623. The molecule has 2 unspecified atom stereocenters. The SMILES string of the molecule is CCC1CC1NCc1ccc(Cl)c(N)c1. The molecule has 2 rings (SSSR count). The Labute approximate surface area is 95.8 Å². The Bertz CT molecular complexity index is 351. The van der Waals surface area contributed by atoms with Gasteiger partial charge in [-0.15, -0.1) is 0 Å². The average Bonchev–Trinajstić information content (AvgIpc) is 2.98. The number of nitrogen functional groups attached to an aromatic ring is 1. The van der Waals surface area contributed by atoms with Gasteiger partial charge in [0.05, 0.1) is 10.7 Å². The number of rotatable bonds is 4. The highest BCUT2D eigenvalue weighted by Gasteiger charge is 2.34. The van der Waals surface area contributed by atoms with Crippen molar-refractivity contribution in [3.8, 4) is 0 Å². The molecule has 3 N–H and O–H groups in total. The first-order valence-electron chi connectivity index (χ1n) is 5.48. The van der Waals surface area contributed by atoms with Crippen molar-refractivity contribution in [2.75, 3.05) is 5.73 Å². The Balaban J connectivity index is 1.86. The quantitative estimate of drug-likeness (QED) is 0.772. The Kier molecular flexibility index (Phi) is 3.17. The van der Waals surface area contributed by atoms with Gasteiger partial charge in [0.15, 0.2) is 0 Å². The monoisotopic (exact) mass is 224 g/mol. The van der Waals surface area contributed by atoms with E-state index >= 15 is 0 Å². The predicted octanol–water partition coefficient (Wildman–Crippen LogP) is 2.81. The van der Waals surface area contributed by atoms with E-state index in [1.807, 2.05) is 18.2 Å². The molecule has 2 nitrogen and oxygen atoms in total. The minimum atomic E-state index is 0.636. The van der Waals surface area contributed by atoms with Crippen LogP contribution < -0.4 is 11.1 Å². The smallest absolute Gasteiger partial charge is 0.0635 e. The van der Waals surface area contributed by atoms with Crippen LogP contribution in [0, 0.1) is 5.92 Å². The molecule has 2 atom stereocenters. The Morgan fingerprint density at radius 2 is 2.33 bits per heavy atom. The first kappa shape index (κ1) is 10.8. The van der Waals surface area contributed by atoms with Crippen molar-refractivity contribution in [1.82, 2.24) is 5.32 Å². The fourth-order valence-electron chi connectivity index (χ4n) is 1.90. The highest BCUT2D eigenvalue weighted by molar-refractivity contribution is 6.33. The van der Waals surface area contributed by atoms with Crippen LogP contribution in [-0.2, 0) is 6.54 Å². The number of hydrogen-bond donors (Lipinski definition) is 2. The van der Waals surface area contributed by atoms with Crippen molar-refractivity contribution in [3.63, 3.8) is 0 Å². The summed E-state index contributed by atoms with van der Waals surface area (Å²) in [4.78, 5) is 0. The van der Waals surface area contributed by atoms with Gasteiger partial charge in [-0.25, -0.2) is 0 Å². The van der Waals surface area contributed by atoms with Crippen LogP contribution in [0.3, 0.4) is 0 Å². The second-order valence-corrected chi connectivity index (χ2v) is 4.65. The number of hydrogen-bond acceptors (Lipinski definition) is 2. The van der Waals surface area contributed by atoms with Crippen molar-refractivity contribution < 1.29 is 0 Å². The molecule has 1 saturated carbocycles. The first-order valence-corrected chi connectivity index (χ1v) is 5.85. The number of anilines is 1. The molecule has 15 heavy (non-hydrogen) atoms. The van der Waals surface area contributed by atoms with Gasteiger partial charge in [0, 0.05) is 12.6 Å². The summed E-state index contributed by atoms with van der Waals surface area (Å²) < 4.78 is 0. The van der Waals surface area contributed by atoms with Crippen LogP contribution in [0.1, 0.15) is 25.3 Å². The molecule has 1 aromatic rings. The molecular weight excluding hydrogens is 208 g/mol. The Hall–Kier alpha value is -0.730. The first-order chi connectivity index (χ1) is 7.20. The van der Waals surface area contributed by atoms with Crippen LogP contribution in [-0.4, -0.2) is 6.04 Å². The minimum Gasteiger partial charge on any atom is -0.398 e. The van der Waals surface area contributed by atoms with E-state index in [4.69, 9.17) is 17.3 Å². The normalized spacial score (nSPS) is 24.1. The molecule has 1 aromatic carbocycles. The summed E-state index contributed by atoms with van der Waals surface area (Å²) in [7, 11) is 0. The van der Waals surface area contributed by atoms with Crippen molar-refractivity contribution >= 4 is 17.3 Å². The molecule has 0 amide bonds. The molecule has 0 radical (unpaired) electrons. The maximum atomic E-state index is 5.86. The number of nitrogens with one attached hydrogen (secondary N) is 1. The van der Waals surface area contributed by atoms with Gasteiger partial charge >= 0.3 is 0 Å². The summed E-state index contributed by atoms with van der Waals surface area (Å²) in [5.74, 6) is 0.884.